The van der Waals surface area contributed by atoms with Crippen LogP contribution in [0.5, 0.6) is 0 Å². The normalized spacial score (nSPS) is 13.7. The molecule has 3 aromatic rings. The van der Waals surface area contributed by atoms with Gasteiger partial charge in [0.25, 0.3) is 5.91 Å². The van der Waals surface area contributed by atoms with E-state index < -0.39 is 0 Å². The maximum Gasteiger partial charge on any atom is 0.267 e. The van der Waals surface area contributed by atoms with Gasteiger partial charge in [0.15, 0.2) is 0 Å². The number of nitrogens with one attached hydrogen (secondary N) is 1. The molecule has 0 spiro atoms. The molecule has 1 aliphatic rings. The minimum absolute atomic E-state index is 0.192. The zero-order valence-electron chi connectivity index (χ0n) is 13.9. The molecule has 0 aliphatic heterocycles. The Labute approximate surface area is 158 Å². The molecule has 0 fully saturated rings. The number of nitrogens with two attached hydrogens (primary N) is 1. The summed E-state index contributed by atoms with van der Waals surface area (Å²) >= 11 is 4.86. The molecule has 0 bridgehead atoms. The first-order valence-corrected chi connectivity index (χ1v) is 9.92. The number of anilines is 2. The molecule has 1 amide bonds. The summed E-state index contributed by atoms with van der Waals surface area (Å²) in [5.41, 5.74) is 11.1. The van der Waals surface area contributed by atoms with Crippen molar-refractivity contribution in [1.82, 2.24) is 4.98 Å². The number of rotatable bonds is 2. The Hall–Kier alpha value is -1.92. The van der Waals surface area contributed by atoms with Crippen LogP contribution in [0.15, 0.2) is 28.7 Å². The van der Waals surface area contributed by atoms with Gasteiger partial charge in [0.2, 0.25) is 0 Å². The fourth-order valence-corrected chi connectivity index (χ4v) is 4.81. The van der Waals surface area contributed by atoms with Gasteiger partial charge in [-0.25, -0.2) is 4.98 Å². The molecule has 4 nitrogen and oxygen atoms in total. The van der Waals surface area contributed by atoms with Crippen molar-refractivity contribution in [3.63, 3.8) is 0 Å². The number of nitrogen functional groups attached to an aromatic ring is 1. The second-order valence-electron chi connectivity index (χ2n) is 6.44. The van der Waals surface area contributed by atoms with Crippen LogP contribution < -0.4 is 11.1 Å². The molecule has 1 aliphatic carbocycles. The van der Waals surface area contributed by atoms with E-state index in [4.69, 9.17) is 10.7 Å². The van der Waals surface area contributed by atoms with Gasteiger partial charge in [-0.1, -0.05) is 6.07 Å². The van der Waals surface area contributed by atoms with Crippen molar-refractivity contribution in [2.45, 2.75) is 32.6 Å². The third-order valence-electron chi connectivity index (χ3n) is 4.58. The maximum atomic E-state index is 12.7. The second-order valence-corrected chi connectivity index (χ2v) is 8.29. The molecule has 6 heteroatoms. The topological polar surface area (TPSA) is 68.0 Å². The van der Waals surface area contributed by atoms with Crippen LogP contribution in [0.3, 0.4) is 0 Å². The molecule has 3 N–H and O–H groups in total. The Morgan fingerprint density at radius 1 is 1.28 bits per heavy atom. The molecule has 0 unspecified atom stereocenters. The highest BCUT2D eigenvalue weighted by molar-refractivity contribution is 9.10. The van der Waals surface area contributed by atoms with Crippen LogP contribution in [-0.4, -0.2) is 10.9 Å². The van der Waals surface area contributed by atoms with Gasteiger partial charge in [0, 0.05) is 15.6 Å². The molecule has 0 radical (unpaired) electrons. The van der Waals surface area contributed by atoms with Crippen molar-refractivity contribution in [3.05, 3.63) is 50.4 Å². The quantitative estimate of drug-likeness (QED) is 0.612. The lowest BCUT2D eigenvalue weighted by Crippen LogP contribution is -2.12. The minimum atomic E-state index is -0.192. The summed E-state index contributed by atoms with van der Waals surface area (Å²) in [6.45, 7) is 2.01. The van der Waals surface area contributed by atoms with E-state index in [2.05, 4.69) is 27.3 Å². The SMILES string of the molecule is Cc1ccc(NC(=O)c2sc3nc4c(cc3c2N)CCCC4)c(Br)c1. The largest absolute Gasteiger partial charge is 0.397 e. The number of carbonyl (C=O) groups is 1. The number of amides is 1. The Morgan fingerprint density at radius 3 is 2.88 bits per heavy atom. The number of fused-ring (bicyclic) bond motifs is 2. The van der Waals surface area contributed by atoms with Crippen LogP contribution in [0.4, 0.5) is 11.4 Å². The number of nitrogens with zero attached hydrogens (tertiary/aromatic N) is 1. The Kier molecular flexibility index (Phi) is 4.25. The van der Waals surface area contributed by atoms with Gasteiger partial charge >= 0.3 is 0 Å². The molecule has 2 heterocycles. The van der Waals surface area contributed by atoms with Gasteiger partial charge in [-0.3, -0.25) is 4.79 Å². The summed E-state index contributed by atoms with van der Waals surface area (Å²) in [6.07, 6.45) is 4.44. The minimum Gasteiger partial charge on any atom is -0.397 e. The van der Waals surface area contributed by atoms with E-state index in [0.717, 1.165) is 44.5 Å². The fraction of sp³-hybridized carbons (Fsp3) is 0.263. The fourth-order valence-electron chi connectivity index (χ4n) is 3.23. The highest BCUT2D eigenvalue weighted by Crippen LogP contribution is 2.36. The average molecular weight is 416 g/mol. The third kappa shape index (κ3) is 3.04. The summed E-state index contributed by atoms with van der Waals surface area (Å²) in [4.78, 5) is 18.9. The first-order valence-electron chi connectivity index (χ1n) is 8.31. The third-order valence-corrected chi connectivity index (χ3v) is 6.35. The molecule has 4 rings (SSSR count). The van der Waals surface area contributed by atoms with Crippen molar-refractivity contribution in [3.8, 4) is 0 Å². The molecule has 25 heavy (non-hydrogen) atoms. The van der Waals surface area contributed by atoms with Crippen LogP contribution >= 0.6 is 27.3 Å². The van der Waals surface area contributed by atoms with Crippen LogP contribution in [0.1, 0.15) is 39.3 Å². The molecule has 1 aromatic carbocycles. The van der Waals surface area contributed by atoms with Gasteiger partial charge < -0.3 is 11.1 Å². The monoisotopic (exact) mass is 415 g/mol. The number of halogens is 1. The van der Waals surface area contributed by atoms with Crippen molar-refractivity contribution in [2.24, 2.45) is 0 Å². The lowest BCUT2D eigenvalue weighted by atomic mass is 9.95. The van der Waals surface area contributed by atoms with Gasteiger partial charge in [-0.2, -0.15) is 0 Å². The Morgan fingerprint density at radius 2 is 2.08 bits per heavy atom. The number of benzene rings is 1. The molecule has 0 saturated heterocycles. The zero-order chi connectivity index (χ0) is 17.6. The van der Waals surface area contributed by atoms with E-state index >= 15 is 0 Å². The molecule has 2 aromatic heterocycles. The number of hydrogen-bond acceptors (Lipinski definition) is 4. The second kappa shape index (κ2) is 6.42. The summed E-state index contributed by atoms with van der Waals surface area (Å²) < 4.78 is 0.856. The number of pyridine rings is 1. The predicted molar refractivity (Wildman–Crippen MR) is 108 cm³/mol. The maximum absolute atomic E-state index is 12.7. The Bertz CT molecular complexity index is 996. The Balaban J connectivity index is 1.70. The van der Waals surface area contributed by atoms with Crippen molar-refractivity contribution in [1.29, 1.82) is 0 Å². The summed E-state index contributed by atoms with van der Waals surface area (Å²) in [7, 11) is 0. The molecule has 0 atom stereocenters. The van der Waals surface area contributed by atoms with Crippen LogP contribution in [-0.2, 0) is 12.8 Å². The lowest BCUT2D eigenvalue weighted by molar-refractivity contribution is 0.103. The van der Waals surface area contributed by atoms with E-state index in [1.54, 1.807) is 0 Å². The van der Waals surface area contributed by atoms with Crippen LogP contribution in [0.25, 0.3) is 10.2 Å². The van der Waals surface area contributed by atoms with Gasteiger partial charge in [0.1, 0.15) is 9.71 Å². The number of hydrogen-bond donors (Lipinski definition) is 2. The summed E-state index contributed by atoms with van der Waals surface area (Å²) in [5.74, 6) is -0.192. The highest BCUT2D eigenvalue weighted by atomic mass is 79.9. The van der Waals surface area contributed by atoms with Crippen LogP contribution in [0.2, 0.25) is 0 Å². The number of aryl methyl sites for hydroxylation is 3. The first kappa shape index (κ1) is 16.5. The molecule has 0 saturated carbocycles. The van der Waals surface area contributed by atoms with Crippen LogP contribution in [0, 0.1) is 6.92 Å². The lowest BCUT2D eigenvalue weighted by Gasteiger charge is -2.14. The smallest absolute Gasteiger partial charge is 0.267 e. The number of aromatic nitrogens is 1. The highest BCUT2D eigenvalue weighted by Gasteiger charge is 2.21. The van der Waals surface area contributed by atoms with Crippen molar-refractivity contribution >= 4 is 54.8 Å². The number of carbonyl (C=O) groups excluding carboxylic acids is 1. The van der Waals surface area contributed by atoms with E-state index in [1.807, 2.05) is 25.1 Å². The standard InChI is InChI=1S/C19H18BrN3OS/c1-10-6-7-15(13(20)8-10)22-18(24)17-16(21)12-9-11-4-2-3-5-14(11)23-19(12)25-17/h6-9H,2-5,21H2,1H3,(H,22,24). The van der Waals surface area contributed by atoms with Gasteiger partial charge in [-0.15, -0.1) is 11.3 Å². The van der Waals surface area contributed by atoms with Crippen molar-refractivity contribution < 1.29 is 4.79 Å². The van der Waals surface area contributed by atoms with Crippen molar-refractivity contribution in [2.75, 3.05) is 11.1 Å². The molecule has 128 valence electrons. The van der Waals surface area contributed by atoms with Gasteiger partial charge in [-0.05, 0) is 77.9 Å². The first-order chi connectivity index (χ1) is 12.0. The average Bonchev–Trinajstić information content (AvgIpc) is 2.92. The molecular weight excluding hydrogens is 398 g/mol. The van der Waals surface area contributed by atoms with Gasteiger partial charge in [0.05, 0.1) is 11.4 Å². The van der Waals surface area contributed by atoms with E-state index in [1.165, 1.54) is 29.7 Å². The number of thiophene rings is 1. The zero-order valence-corrected chi connectivity index (χ0v) is 16.3. The summed E-state index contributed by atoms with van der Waals surface area (Å²) in [6, 6.07) is 7.95. The van der Waals surface area contributed by atoms with E-state index in [-0.39, 0.29) is 5.91 Å². The molecular formula is C19H18BrN3OS. The predicted octanol–water partition coefficient (Wildman–Crippen LogP) is 5.08. The summed E-state index contributed by atoms with van der Waals surface area (Å²) in [5, 5.41) is 3.84. The van der Waals surface area contributed by atoms with E-state index in [0.29, 0.717) is 10.6 Å². The van der Waals surface area contributed by atoms with E-state index in [9.17, 15) is 4.79 Å².